The summed E-state index contributed by atoms with van der Waals surface area (Å²) in [7, 11) is -0.348. The molecule has 158 valence electrons. The molecule has 0 unspecified atom stereocenters. The summed E-state index contributed by atoms with van der Waals surface area (Å²) < 4.78 is 24.8. The normalized spacial score (nSPS) is 14.9. The molecule has 0 radical (unpaired) electrons. The van der Waals surface area contributed by atoms with Crippen molar-refractivity contribution in [3.8, 4) is 0 Å². The average molecular weight is 430 g/mol. The van der Waals surface area contributed by atoms with Crippen molar-refractivity contribution in [2.75, 3.05) is 19.4 Å². The average Bonchev–Trinajstić information content (AvgIpc) is 3.34. The molecule has 0 atom stereocenters. The lowest BCUT2D eigenvalue weighted by Gasteiger charge is -2.19. The van der Waals surface area contributed by atoms with Crippen molar-refractivity contribution in [2.45, 2.75) is 36.6 Å². The molecule has 3 N–H and O–H groups in total. The predicted octanol–water partition coefficient (Wildman–Crippen LogP) is 2.03. The zero-order valence-corrected chi connectivity index (χ0v) is 17.6. The van der Waals surface area contributed by atoms with Crippen molar-refractivity contribution in [3.05, 3.63) is 36.3 Å². The first-order valence-corrected chi connectivity index (χ1v) is 11.1. The number of anilines is 2. The number of carbonyl (C=O) groups excluding carboxylic acids is 1. The first-order valence-electron chi connectivity index (χ1n) is 9.59. The van der Waals surface area contributed by atoms with Crippen LogP contribution in [0.3, 0.4) is 0 Å². The molecular weight excluding hydrogens is 406 g/mol. The van der Waals surface area contributed by atoms with Gasteiger partial charge in [0.1, 0.15) is 22.1 Å². The Labute approximate surface area is 174 Å². The number of primary sulfonamides is 1. The maximum absolute atomic E-state index is 12.8. The second-order valence-corrected chi connectivity index (χ2v) is 9.12. The van der Waals surface area contributed by atoms with Crippen LogP contribution >= 0.6 is 0 Å². The quantitative estimate of drug-likeness (QED) is 0.633. The Hall–Kier alpha value is -3.05. The molecule has 4 rings (SSSR count). The van der Waals surface area contributed by atoms with Gasteiger partial charge < -0.3 is 14.8 Å². The van der Waals surface area contributed by atoms with Crippen LogP contribution < -0.4 is 10.5 Å². The summed E-state index contributed by atoms with van der Waals surface area (Å²) in [5.41, 5.74) is 1.29. The number of carbonyl (C=O) groups is 1. The number of pyridine rings is 1. The van der Waals surface area contributed by atoms with Crippen molar-refractivity contribution < 1.29 is 13.2 Å². The summed E-state index contributed by atoms with van der Waals surface area (Å²) in [6, 6.07) is 4.90. The van der Waals surface area contributed by atoms with E-state index in [2.05, 4.69) is 20.3 Å². The van der Waals surface area contributed by atoms with E-state index in [1.165, 1.54) is 18.3 Å². The van der Waals surface area contributed by atoms with Gasteiger partial charge in [0, 0.05) is 37.9 Å². The standard InChI is InChI=1S/C19H23N7O3S/c1-25(2)18(27)15-9-12-10-22-19(24-17(12)26(15)13-5-3-4-6-13)23-16-8-7-14(11-21-16)30(20,28)29/h7-11,13H,3-6H2,1-2H3,(H2,20,28,29)(H,21,22,23,24). The third kappa shape index (κ3) is 3.85. The van der Waals surface area contributed by atoms with Gasteiger partial charge in [-0.05, 0) is 31.0 Å². The number of nitrogens with two attached hydrogens (primary N) is 1. The van der Waals surface area contributed by atoms with Crippen molar-refractivity contribution in [1.82, 2.24) is 24.4 Å². The maximum Gasteiger partial charge on any atom is 0.270 e. The van der Waals surface area contributed by atoms with E-state index in [9.17, 15) is 13.2 Å². The first kappa shape index (κ1) is 20.2. The van der Waals surface area contributed by atoms with Gasteiger partial charge in [0.05, 0.1) is 0 Å². The van der Waals surface area contributed by atoms with Crippen LogP contribution in [0, 0.1) is 0 Å². The number of nitrogens with zero attached hydrogens (tertiary/aromatic N) is 5. The highest BCUT2D eigenvalue weighted by molar-refractivity contribution is 7.89. The molecule has 3 aromatic rings. The van der Waals surface area contributed by atoms with Crippen LogP contribution in [-0.4, -0.2) is 52.8 Å². The smallest absolute Gasteiger partial charge is 0.270 e. The summed E-state index contributed by atoms with van der Waals surface area (Å²) in [6.07, 6.45) is 7.08. The van der Waals surface area contributed by atoms with E-state index >= 15 is 0 Å². The van der Waals surface area contributed by atoms with Gasteiger partial charge in [0.2, 0.25) is 16.0 Å². The minimum atomic E-state index is -3.81. The zero-order valence-electron chi connectivity index (χ0n) is 16.7. The maximum atomic E-state index is 12.8. The molecule has 0 aromatic carbocycles. The van der Waals surface area contributed by atoms with Crippen molar-refractivity contribution in [1.29, 1.82) is 0 Å². The summed E-state index contributed by atoms with van der Waals surface area (Å²) >= 11 is 0. The van der Waals surface area contributed by atoms with Crippen molar-refractivity contribution in [3.63, 3.8) is 0 Å². The third-order valence-corrected chi connectivity index (χ3v) is 6.09. The Morgan fingerprint density at radius 2 is 1.93 bits per heavy atom. The van der Waals surface area contributed by atoms with Gasteiger partial charge in [-0.2, -0.15) is 4.98 Å². The van der Waals surface area contributed by atoms with Crippen LogP contribution in [0.15, 0.2) is 35.5 Å². The lowest BCUT2D eigenvalue weighted by molar-refractivity contribution is 0.0815. The minimum Gasteiger partial charge on any atom is -0.343 e. The summed E-state index contributed by atoms with van der Waals surface area (Å²) in [5, 5.41) is 8.86. The molecule has 0 spiro atoms. The fraction of sp³-hybridized carbons (Fsp3) is 0.368. The van der Waals surface area contributed by atoms with E-state index in [4.69, 9.17) is 5.14 Å². The fourth-order valence-corrected chi connectivity index (χ4v) is 4.19. The molecule has 1 aliphatic rings. The highest BCUT2D eigenvalue weighted by atomic mass is 32.2. The minimum absolute atomic E-state index is 0.0744. The highest BCUT2D eigenvalue weighted by Crippen LogP contribution is 2.34. The molecule has 0 aliphatic heterocycles. The number of hydrogen-bond donors (Lipinski definition) is 2. The summed E-state index contributed by atoms with van der Waals surface area (Å²) in [6.45, 7) is 0. The van der Waals surface area contributed by atoms with E-state index in [1.54, 1.807) is 25.2 Å². The third-order valence-electron chi connectivity index (χ3n) is 5.20. The number of fused-ring (bicyclic) bond motifs is 1. The van der Waals surface area contributed by atoms with Crippen LogP contribution in [0.1, 0.15) is 42.2 Å². The van der Waals surface area contributed by atoms with E-state index in [-0.39, 0.29) is 16.8 Å². The molecule has 1 fully saturated rings. The number of sulfonamides is 1. The molecule has 1 amide bonds. The summed E-state index contributed by atoms with van der Waals surface area (Å²) in [4.78, 5) is 27.2. The molecule has 3 aromatic heterocycles. The monoisotopic (exact) mass is 429 g/mol. The number of nitrogens with one attached hydrogen (secondary N) is 1. The predicted molar refractivity (Wildman–Crippen MR) is 112 cm³/mol. The van der Waals surface area contributed by atoms with Gasteiger partial charge in [-0.3, -0.25) is 4.79 Å². The fourth-order valence-electron chi connectivity index (χ4n) is 3.73. The Morgan fingerprint density at radius 1 is 1.20 bits per heavy atom. The van der Waals surface area contributed by atoms with Gasteiger partial charge in [0.25, 0.3) is 5.91 Å². The van der Waals surface area contributed by atoms with Crippen molar-refractivity contribution in [2.24, 2.45) is 5.14 Å². The van der Waals surface area contributed by atoms with E-state index in [0.717, 1.165) is 31.1 Å². The van der Waals surface area contributed by atoms with Gasteiger partial charge in [-0.1, -0.05) is 12.8 Å². The molecule has 10 nitrogen and oxygen atoms in total. The Bertz CT molecular complexity index is 1200. The highest BCUT2D eigenvalue weighted by Gasteiger charge is 2.26. The van der Waals surface area contributed by atoms with Crippen LogP contribution in [0.25, 0.3) is 11.0 Å². The molecule has 11 heteroatoms. The SMILES string of the molecule is CN(C)C(=O)c1cc2cnc(Nc3ccc(S(N)(=O)=O)cn3)nc2n1C1CCCC1. The van der Waals surface area contributed by atoms with Gasteiger partial charge in [-0.25, -0.2) is 23.5 Å². The summed E-state index contributed by atoms with van der Waals surface area (Å²) in [5.74, 6) is 0.611. The molecule has 1 saturated carbocycles. The topological polar surface area (TPSA) is 136 Å². The van der Waals surface area contributed by atoms with E-state index < -0.39 is 10.0 Å². The number of rotatable bonds is 5. The largest absolute Gasteiger partial charge is 0.343 e. The Kier molecular flexibility index (Phi) is 5.16. The number of hydrogen-bond acceptors (Lipinski definition) is 7. The molecule has 0 bridgehead atoms. The number of amides is 1. The second kappa shape index (κ2) is 7.65. The molecule has 0 saturated heterocycles. The lowest BCUT2D eigenvalue weighted by atomic mass is 10.2. The first-order chi connectivity index (χ1) is 14.2. The lowest BCUT2D eigenvalue weighted by Crippen LogP contribution is -2.25. The van der Waals surface area contributed by atoms with E-state index in [1.807, 2.05) is 10.6 Å². The zero-order chi connectivity index (χ0) is 21.5. The Balaban J connectivity index is 1.72. The van der Waals surface area contributed by atoms with Crippen LogP contribution in [0.2, 0.25) is 0 Å². The van der Waals surface area contributed by atoms with Crippen LogP contribution in [0.5, 0.6) is 0 Å². The molecule has 3 heterocycles. The van der Waals surface area contributed by atoms with Crippen LogP contribution in [-0.2, 0) is 10.0 Å². The van der Waals surface area contributed by atoms with Crippen molar-refractivity contribution >= 4 is 38.7 Å². The van der Waals surface area contributed by atoms with Gasteiger partial charge in [0.15, 0.2) is 0 Å². The van der Waals surface area contributed by atoms with E-state index in [0.29, 0.717) is 23.1 Å². The molecule has 1 aliphatic carbocycles. The second-order valence-electron chi connectivity index (χ2n) is 7.56. The molecular formula is C19H23N7O3S. The Morgan fingerprint density at radius 3 is 2.53 bits per heavy atom. The number of aromatic nitrogens is 4. The van der Waals surface area contributed by atoms with Gasteiger partial charge in [-0.15, -0.1) is 0 Å². The van der Waals surface area contributed by atoms with Gasteiger partial charge >= 0.3 is 0 Å². The van der Waals surface area contributed by atoms with Crippen LogP contribution in [0.4, 0.5) is 11.8 Å². The molecule has 30 heavy (non-hydrogen) atoms.